The van der Waals surface area contributed by atoms with E-state index < -0.39 is 0 Å². The Hall–Kier alpha value is -1.89. The highest BCUT2D eigenvalue weighted by Crippen LogP contribution is 2.30. The lowest BCUT2D eigenvalue weighted by atomic mass is 9.86. The van der Waals surface area contributed by atoms with E-state index >= 15 is 0 Å². The summed E-state index contributed by atoms with van der Waals surface area (Å²) in [5.74, 6) is 0.360. The van der Waals surface area contributed by atoms with Gasteiger partial charge in [0.25, 0.3) is 0 Å². The van der Waals surface area contributed by atoms with Crippen LogP contribution in [0.2, 0.25) is 0 Å². The lowest BCUT2D eigenvalue weighted by molar-refractivity contribution is -0.137. The second-order valence-electron chi connectivity index (χ2n) is 7.02. The van der Waals surface area contributed by atoms with Crippen molar-refractivity contribution in [3.05, 3.63) is 18.0 Å². The molecule has 7 heteroatoms. The largest absolute Gasteiger partial charge is 0.356 e. The zero-order chi connectivity index (χ0) is 17.0. The van der Waals surface area contributed by atoms with Gasteiger partial charge in [-0.2, -0.15) is 5.10 Å². The molecule has 3 rings (SSSR count). The van der Waals surface area contributed by atoms with E-state index in [0.29, 0.717) is 19.4 Å². The quantitative estimate of drug-likeness (QED) is 0.843. The van der Waals surface area contributed by atoms with Gasteiger partial charge in [0.15, 0.2) is 0 Å². The number of aromatic amines is 1. The smallest absolute Gasteiger partial charge is 0.222 e. The summed E-state index contributed by atoms with van der Waals surface area (Å²) < 4.78 is 0. The van der Waals surface area contributed by atoms with E-state index in [-0.39, 0.29) is 17.4 Å². The molecule has 24 heavy (non-hydrogen) atoms. The maximum atomic E-state index is 12.6. The van der Waals surface area contributed by atoms with Crippen LogP contribution in [0.1, 0.15) is 37.7 Å². The minimum Gasteiger partial charge on any atom is -0.356 e. The highest BCUT2D eigenvalue weighted by atomic mass is 16.2. The van der Waals surface area contributed by atoms with Gasteiger partial charge < -0.3 is 10.2 Å². The van der Waals surface area contributed by atoms with Crippen molar-refractivity contribution in [3.63, 3.8) is 0 Å². The Balaban J connectivity index is 1.55. The van der Waals surface area contributed by atoms with Crippen LogP contribution in [0.4, 0.5) is 0 Å². The molecule has 2 fully saturated rings. The van der Waals surface area contributed by atoms with Crippen molar-refractivity contribution >= 4 is 11.8 Å². The molecule has 1 aromatic heterocycles. The Morgan fingerprint density at radius 2 is 2.25 bits per heavy atom. The fourth-order valence-electron chi connectivity index (χ4n) is 3.83. The summed E-state index contributed by atoms with van der Waals surface area (Å²) >= 11 is 0. The predicted molar refractivity (Wildman–Crippen MR) is 90.3 cm³/mol. The maximum absolute atomic E-state index is 12.6. The van der Waals surface area contributed by atoms with Crippen molar-refractivity contribution in [1.29, 1.82) is 0 Å². The summed E-state index contributed by atoms with van der Waals surface area (Å²) in [5.41, 5.74) is 1.09. The molecule has 1 aromatic rings. The number of carbonyl (C=O) groups excluding carboxylic acids is 2. The minimum atomic E-state index is -0.0579. The standard InChI is InChI=1S/C17H27N5O2/c1-21-9-10-22(13-17(21)6-5-15(23)18-8-7-17)16(24)4-2-3-14-11-19-20-12-14/h11-12H,2-10,13H2,1H3,(H,18,23)(H,19,20)/t17-/m1/s1. The fourth-order valence-corrected chi connectivity index (χ4v) is 3.83. The van der Waals surface area contributed by atoms with Gasteiger partial charge in [-0.3, -0.25) is 19.6 Å². The van der Waals surface area contributed by atoms with Gasteiger partial charge in [0.05, 0.1) is 6.20 Å². The minimum absolute atomic E-state index is 0.0579. The molecular weight excluding hydrogens is 306 g/mol. The number of likely N-dealkylation sites (N-methyl/N-ethyl adjacent to an activating group) is 1. The summed E-state index contributed by atoms with van der Waals surface area (Å²) in [6, 6.07) is 0. The number of amides is 2. The van der Waals surface area contributed by atoms with Gasteiger partial charge in [0.1, 0.15) is 0 Å². The molecule has 1 spiro atoms. The van der Waals surface area contributed by atoms with Crippen molar-refractivity contribution < 1.29 is 9.59 Å². The van der Waals surface area contributed by atoms with Gasteiger partial charge >= 0.3 is 0 Å². The van der Waals surface area contributed by atoms with Crippen LogP contribution in [0.5, 0.6) is 0 Å². The van der Waals surface area contributed by atoms with Crippen LogP contribution < -0.4 is 5.32 Å². The van der Waals surface area contributed by atoms with Crippen molar-refractivity contribution in [2.45, 2.75) is 44.1 Å². The lowest BCUT2D eigenvalue weighted by Crippen LogP contribution is -2.62. The number of H-pyrrole nitrogens is 1. The Kier molecular flexibility index (Phi) is 5.18. The number of piperazine rings is 1. The summed E-state index contributed by atoms with van der Waals surface area (Å²) in [5, 5.41) is 9.68. The molecule has 0 aliphatic carbocycles. The molecule has 2 N–H and O–H groups in total. The van der Waals surface area contributed by atoms with Gasteiger partial charge in [-0.15, -0.1) is 0 Å². The number of nitrogens with one attached hydrogen (secondary N) is 2. The number of hydrogen-bond donors (Lipinski definition) is 2. The molecular formula is C17H27N5O2. The second kappa shape index (κ2) is 7.34. The van der Waals surface area contributed by atoms with Gasteiger partial charge in [-0.05, 0) is 38.3 Å². The average molecular weight is 333 g/mol. The summed E-state index contributed by atoms with van der Waals surface area (Å²) in [4.78, 5) is 28.6. The SMILES string of the molecule is CN1CCN(C(=O)CCCc2cn[nH]c2)C[C@@]12CCNC(=O)CC2. The maximum Gasteiger partial charge on any atom is 0.222 e. The number of carbonyl (C=O) groups is 2. The molecule has 3 heterocycles. The summed E-state index contributed by atoms with van der Waals surface area (Å²) in [7, 11) is 2.12. The molecule has 0 radical (unpaired) electrons. The third-order valence-corrected chi connectivity index (χ3v) is 5.49. The lowest BCUT2D eigenvalue weighted by Gasteiger charge is -2.49. The fraction of sp³-hybridized carbons (Fsp3) is 0.706. The van der Waals surface area contributed by atoms with E-state index in [2.05, 4.69) is 27.5 Å². The van der Waals surface area contributed by atoms with E-state index in [0.717, 1.165) is 50.9 Å². The van der Waals surface area contributed by atoms with E-state index in [9.17, 15) is 9.59 Å². The topological polar surface area (TPSA) is 81.3 Å². The Morgan fingerprint density at radius 1 is 1.38 bits per heavy atom. The van der Waals surface area contributed by atoms with Crippen LogP contribution in [0, 0.1) is 0 Å². The van der Waals surface area contributed by atoms with Gasteiger partial charge in [-0.1, -0.05) is 0 Å². The first-order valence-electron chi connectivity index (χ1n) is 8.82. The molecule has 0 unspecified atom stereocenters. The summed E-state index contributed by atoms with van der Waals surface area (Å²) in [6.07, 6.45) is 8.27. The Bertz CT molecular complexity index is 574. The van der Waals surface area contributed by atoms with Crippen LogP contribution in [-0.2, 0) is 16.0 Å². The van der Waals surface area contributed by atoms with E-state index in [1.54, 1.807) is 0 Å². The van der Waals surface area contributed by atoms with Gasteiger partial charge in [0.2, 0.25) is 11.8 Å². The number of hydrogen-bond acceptors (Lipinski definition) is 4. The number of rotatable bonds is 4. The highest BCUT2D eigenvalue weighted by molar-refractivity contribution is 5.77. The average Bonchev–Trinajstić information content (AvgIpc) is 3.01. The molecule has 0 aromatic carbocycles. The molecule has 2 amide bonds. The number of aryl methyl sites for hydroxylation is 1. The molecule has 2 aliphatic heterocycles. The predicted octanol–water partition coefficient (Wildman–Crippen LogP) is 0.545. The van der Waals surface area contributed by atoms with E-state index in [1.807, 2.05) is 17.3 Å². The van der Waals surface area contributed by atoms with E-state index in [4.69, 9.17) is 0 Å². The van der Waals surface area contributed by atoms with Gasteiger partial charge in [0, 0.05) is 50.8 Å². The van der Waals surface area contributed by atoms with Crippen molar-refractivity contribution in [2.24, 2.45) is 0 Å². The number of aromatic nitrogens is 2. The zero-order valence-corrected chi connectivity index (χ0v) is 14.4. The zero-order valence-electron chi connectivity index (χ0n) is 14.4. The van der Waals surface area contributed by atoms with Crippen LogP contribution in [-0.4, -0.2) is 70.6 Å². The normalized spacial score (nSPS) is 25.5. The van der Waals surface area contributed by atoms with Crippen LogP contribution in [0.3, 0.4) is 0 Å². The van der Waals surface area contributed by atoms with Crippen molar-refractivity contribution in [2.75, 3.05) is 33.2 Å². The van der Waals surface area contributed by atoms with Gasteiger partial charge in [-0.25, -0.2) is 0 Å². The molecule has 1 atom stereocenters. The Morgan fingerprint density at radius 3 is 3.04 bits per heavy atom. The first-order valence-corrected chi connectivity index (χ1v) is 8.82. The van der Waals surface area contributed by atoms with E-state index in [1.165, 1.54) is 0 Å². The first kappa shape index (κ1) is 17.0. The molecule has 2 aliphatic rings. The molecule has 0 bridgehead atoms. The Labute approximate surface area is 142 Å². The van der Waals surface area contributed by atoms with Crippen LogP contribution in [0.25, 0.3) is 0 Å². The third kappa shape index (κ3) is 3.77. The first-order chi connectivity index (χ1) is 11.6. The molecule has 2 saturated heterocycles. The molecule has 7 nitrogen and oxygen atoms in total. The monoisotopic (exact) mass is 333 g/mol. The second-order valence-corrected chi connectivity index (χ2v) is 7.02. The van der Waals surface area contributed by atoms with Crippen molar-refractivity contribution in [3.8, 4) is 0 Å². The third-order valence-electron chi connectivity index (χ3n) is 5.49. The van der Waals surface area contributed by atoms with Crippen LogP contribution in [0.15, 0.2) is 12.4 Å². The van der Waals surface area contributed by atoms with Crippen molar-refractivity contribution in [1.82, 2.24) is 25.3 Å². The number of nitrogens with zero attached hydrogens (tertiary/aromatic N) is 3. The molecule has 0 saturated carbocycles. The molecule has 132 valence electrons. The van der Waals surface area contributed by atoms with Crippen LogP contribution >= 0.6 is 0 Å². The highest BCUT2D eigenvalue weighted by Gasteiger charge is 2.41. The summed E-state index contributed by atoms with van der Waals surface area (Å²) in [6.45, 7) is 3.10.